The normalized spacial score (nSPS) is 17.4. The molecule has 1 aromatic rings. The Morgan fingerprint density at radius 3 is 2.07 bits per heavy atom. The van der Waals surface area contributed by atoms with Crippen LogP contribution in [-0.4, -0.2) is 0 Å². The highest BCUT2D eigenvalue weighted by Crippen LogP contribution is 2.40. The second-order valence-corrected chi connectivity index (χ2v) is 4.44. The highest BCUT2D eigenvalue weighted by Gasteiger charge is 2.29. The first-order valence-corrected chi connectivity index (χ1v) is 5.14. The van der Waals surface area contributed by atoms with E-state index in [1.165, 1.54) is 12.8 Å². The molecular weight excluding hydrogens is 240 g/mol. The average molecular weight is 253 g/mol. The highest BCUT2D eigenvalue weighted by atomic mass is 35.5. The zero-order chi connectivity index (χ0) is 9.42. The van der Waals surface area contributed by atoms with Gasteiger partial charge in [0, 0.05) is 16.1 Å². The summed E-state index contributed by atoms with van der Waals surface area (Å²) in [6.45, 7) is 0. The van der Waals surface area contributed by atoms with Gasteiger partial charge < -0.3 is 5.73 Å². The smallest absolute Gasteiger partial charge is 0.0424 e. The molecule has 1 aliphatic rings. The van der Waals surface area contributed by atoms with Crippen molar-refractivity contribution in [1.29, 1.82) is 0 Å². The maximum absolute atomic E-state index is 6.02. The summed E-state index contributed by atoms with van der Waals surface area (Å²) in [5.74, 6) is 0.634. The minimum Gasteiger partial charge on any atom is -0.324 e. The molecule has 0 unspecified atom stereocenters. The van der Waals surface area contributed by atoms with E-state index in [2.05, 4.69) is 0 Å². The molecule has 2 rings (SSSR count). The standard InChI is InChI=1S/C10H11Cl2N.ClH/c11-8-3-7(4-9(12)5-8)10(13)6-1-2-6;/h3-6,10H,1-2,13H2;1H/t10-;/m1./s1. The first-order valence-electron chi connectivity index (χ1n) is 4.38. The Labute approximate surface area is 100.0 Å². The number of halogens is 3. The molecule has 0 aliphatic heterocycles. The van der Waals surface area contributed by atoms with Crippen LogP contribution in [0.4, 0.5) is 0 Å². The van der Waals surface area contributed by atoms with E-state index in [9.17, 15) is 0 Å². The fraction of sp³-hybridized carbons (Fsp3) is 0.400. The first kappa shape index (κ1) is 12.1. The van der Waals surface area contributed by atoms with Gasteiger partial charge in [0.2, 0.25) is 0 Å². The maximum atomic E-state index is 6.02. The van der Waals surface area contributed by atoms with E-state index in [0.29, 0.717) is 16.0 Å². The zero-order valence-corrected chi connectivity index (χ0v) is 9.87. The van der Waals surface area contributed by atoms with Gasteiger partial charge in [0.25, 0.3) is 0 Å². The van der Waals surface area contributed by atoms with Crippen molar-refractivity contribution in [3.63, 3.8) is 0 Å². The lowest BCUT2D eigenvalue weighted by Gasteiger charge is -2.11. The molecule has 1 atom stereocenters. The summed E-state index contributed by atoms with van der Waals surface area (Å²) in [4.78, 5) is 0. The molecule has 0 bridgehead atoms. The third-order valence-corrected chi connectivity index (χ3v) is 2.84. The fourth-order valence-electron chi connectivity index (χ4n) is 1.50. The van der Waals surface area contributed by atoms with Crippen molar-refractivity contribution in [2.24, 2.45) is 11.7 Å². The zero-order valence-electron chi connectivity index (χ0n) is 7.54. The molecule has 0 radical (unpaired) electrons. The Morgan fingerprint density at radius 1 is 1.14 bits per heavy atom. The van der Waals surface area contributed by atoms with E-state index < -0.39 is 0 Å². The van der Waals surface area contributed by atoms with Crippen molar-refractivity contribution in [2.45, 2.75) is 18.9 Å². The molecule has 0 aromatic heterocycles. The van der Waals surface area contributed by atoms with E-state index in [1.54, 1.807) is 6.07 Å². The minimum atomic E-state index is 0. The van der Waals surface area contributed by atoms with Gasteiger partial charge in [-0.2, -0.15) is 0 Å². The third-order valence-electron chi connectivity index (χ3n) is 2.40. The van der Waals surface area contributed by atoms with E-state index in [-0.39, 0.29) is 18.4 Å². The first-order chi connectivity index (χ1) is 6.16. The second kappa shape index (κ2) is 4.71. The predicted molar refractivity (Wildman–Crippen MR) is 63.4 cm³/mol. The van der Waals surface area contributed by atoms with Crippen LogP contribution in [0, 0.1) is 5.92 Å². The Morgan fingerprint density at radius 2 is 1.64 bits per heavy atom. The minimum absolute atomic E-state index is 0. The number of hydrogen-bond donors (Lipinski definition) is 1. The number of nitrogens with two attached hydrogens (primary N) is 1. The van der Waals surface area contributed by atoms with Gasteiger partial charge in [0.05, 0.1) is 0 Å². The number of benzene rings is 1. The van der Waals surface area contributed by atoms with E-state index in [0.717, 1.165) is 5.56 Å². The van der Waals surface area contributed by atoms with E-state index in [1.807, 2.05) is 12.1 Å². The van der Waals surface area contributed by atoms with Gasteiger partial charge in [-0.25, -0.2) is 0 Å². The van der Waals surface area contributed by atoms with Crippen molar-refractivity contribution >= 4 is 35.6 Å². The summed E-state index contributed by atoms with van der Waals surface area (Å²) in [7, 11) is 0. The van der Waals surface area contributed by atoms with Gasteiger partial charge in [0.15, 0.2) is 0 Å². The summed E-state index contributed by atoms with van der Waals surface area (Å²) >= 11 is 11.8. The molecule has 1 saturated carbocycles. The van der Waals surface area contributed by atoms with E-state index in [4.69, 9.17) is 28.9 Å². The van der Waals surface area contributed by atoms with Crippen LogP contribution in [0.15, 0.2) is 18.2 Å². The Kier molecular flexibility index (Phi) is 4.08. The van der Waals surface area contributed by atoms with Gasteiger partial charge in [-0.15, -0.1) is 12.4 Å². The Hall–Kier alpha value is 0.0500. The van der Waals surface area contributed by atoms with Crippen LogP contribution in [-0.2, 0) is 0 Å². The largest absolute Gasteiger partial charge is 0.324 e. The van der Waals surface area contributed by atoms with Gasteiger partial charge in [-0.3, -0.25) is 0 Å². The monoisotopic (exact) mass is 251 g/mol. The van der Waals surface area contributed by atoms with Crippen molar-refractivity contribution < 1.29 is 0 Å². The lowest BCUT2D eigenvalue weighted by atomic mass is 10.0. The molecule has 0 heterocycles. The van der Waals surface area contributed by atoms with Crippen LogP contribution in [0.2, 0.25) is 10.0 Å². The topological polar surface area (TPSA) is 26.0 Å². The average Bonchev–Trinajstić information content (AvgIpc) is 2.83. The predicted octanol–water partition coefficient (Wildman–Crippen LogP) is 3.83. The fourth-order valence-corrected chi connectivity index (χ4v) is 2.04. The lowest BCUT2D eigenvalue weighted by molar-refractivity contribution is 0.633. The van der Waals surface area contributed by atoms with Crippen LogP contribution in [0.25, 0.3) is 0 Å². The van der Waals surface area contributed by atoms with Gasteiger partial charge in [-0.05, 0) is 42.5 Å². The molecule has 14 heavy (non-hydrogen) atoms. The van der Waals surface area contributed by atoms with Crippen LogP contribution < -0.4 is 5.73 Å². The van der Waals surface area contributed by atoms with Crippen LogP contribution in [0.1, 0.15) is 24.4 Å². The molecule has 0 spiro atoms. The number of hydrogen-bond acceptors (Lipinski definition) is 1. The molecular formula is C10H12Cl3N. The SMILES string of the molecule is Cl.N[C@@H](c1cc(Cl)cc(Cl)c1)C1CC1. The summed E-state index contributed by atoms with van der Waals surface area (Å²) in [6.07, 6.45) is 2.45. The van der Waals surface area contributed by atoms with Crippen molar-refractivity contribution in [2.75, 3.05) is 0 Å². The maximum Gasteiger partial charge on any atom is 0.0424 e. The number of rotatable bonds is 2. The van der Waals surface area contributed by atoms with Crippen molar-refractivity contribution in [3.8, 4) is 0 Å². The Balaban J connectivity index is 0.000000980. The van der Waals surface area contributed by atoms with Crippen LogP contribution in [0.5, 0.6) is 0 Å². The molecule has 4 heteroatoms. The van der Waals surface area contributed by atoms with Gasteiger partial charge in [-0.1, -0.05) is 23.2 Å². The second-order valence-electron chi connectivity index (χ2n) is 3.57. The highest BCUT2D eigenvalue weighted by molar-refractivity contribution is 6.34. The summed E-state index contributed by atoms with van der Waals surface area (Å²) in [5, 5.41) is 1.33. The van der Waals surface area contributed by atoms with Crippen molar-refractivity contribution in [1.82, 2.24) is 0 Å². The molecule has 0 saturated heterocycles. The van der Waals surface area contributed by atoms with Gasteiger partial charge in [0.1, 0.15) is 0 Å². The van der Waals surface area contributed by atoms with E-state index >= 15 is 0 Å². The van der Waals surface area contributed by atoms with Crippen LogP contribution >= 0.6 is 35.6 Å². The molecule has 1 fully saturated rings. The molecule has 1 nitrogen and oxygen atoms in total. The molecule has 2 N–H and O–H groups in total. The summed E-state index contributed by atoms with van der Waals surface area (Å²) in [5.41, 5.74) is 7.08. The molecule has 1 aliphatic carbocycles. The van der Waals surface area contributed by atoms with Crippen LogP contribution in [0.3, 0.4) is 0 Å². The molecule has 0 amide bonds. The lowest BCUT2D eigenvalue weighted by Crippen LogP contribution is -2.12. The van der Waals surface area contributed by atoms with Crippen molar-refractivity contribution in [3.05, 3.63) is 33.8 Å². The summed E-state index contributed by atoms with van der Waals surface area (Å²) in [6, 6.07) is 5.63. The molecule has 78 valence electrons. The Bertz CT molecular complexity index is 303. The molecule has 1 aromatic carbocycles. The third kappa shape index (κ3) is 2.77. The summed E-state index contributed by atoms with van der Waals surface area (Å²) < 4.78 is 0. The quantitative estimate of drug-likeness (QED) is 0.851. The van der Waals surface area contributed by atoms with Gasteiger partial charge >= 0.3 is 0 Å².